The second-order valence-electron chi connectivity index (χ2n) is 7.70. The van der Waals surface area contributed by atoms with E-state index in [-0.39, 0.29) is 5.91 Å². The predicted molar refractivity (Wildman–Crippen MR) is 104 cm³/mol. The first-order valence-electron chi connectivity index (χ1n) is 10.1. The minimum atomic E-state index is 0.178. The highest BCUT2D eigenvalue weighted by molar-refractivity contribution is 5.76. The van der Waals surface area contributed by atoms with Crippen LogP contribution in [0.1, 0.15) is 37.3 Å². The van der Waals surface area contributed by atoms with Gasteiger partial charge in [0, 0.05) is 32.6 Å². The second kappa shape index (κ2) is 10.0. The highest BCUT2D eigenvalue weighted by Crippen LogP contribution is 2.24. The lowest BCUT2D eigenvalue weighted by Gasteiger charge is -2.28. The van der Waals surface area contributed by atoms with E-state index in [9.17, 15) is 4.79 Å². The van der Waals surface area contributed by atoms with Gasteiger partial charge >= 0.3 is 0 Å². The summed E-state index contributed by atoms with van der Waals surface area (Å²) in [4.78, 5) is 14.8. The topological polar surface area (TPSA) is 53.6 Å². The van der Waals surface area contributed by atoms with E-state index in [0.29, 0.717) is 24.8 Å². The van der Waals surface area contributed by atoms with Crippen LogP contribution in [-0.2, 0) is 22.6 Å². The van der Waals surface area contributed by atoms with Gasteiger partial charge in [0.2, 0.25) is 5.91 Å². The molecule has 1 unspecified atom stereocenters. The van der Waals surface area contributed by atoms with Crippen molar-refractivity contribution in [3.63, 3.8) is 0 Å². The molecule has 5 heteroatoms. The molecule has 144 valence electrons. The molecule has 0 radical (unpaired) electrons. The van der Waals surface area contributed by atoms with E-state index >= 15 is 0 Å². The molecule has 0 saturated carbocycles. The summed E-state index contributed by atoms with van der Waals surface area (Å²) in [7, 11) is 0. The minimum absolute atomic E-state index is 0.178. The number of amides is 1. The SMILES string of the molecule is CC(CC(=O)NCc1ccccc1CN1CCOCC1)C1CCNCC1. The van der Waals surface area contributed by atoms with Crippen molar-refractivity contribution >= 4 is 5.91 Å². The molecule has 1 aromatic rings. The molecule has 1 amide bonds. The van der Waals surface area contributed by atoms with Gasteiger partial charge in [-0.15, -0.1) is 0 Å². The molecule has 2 aliphatic rings. The quantitative estimate of drug-likeness (QED) is 0.783. The molecule has 2 fully saturated rings. The van der Waals surface area contributed by atoms with Crippen LogP contribution in [0.25, 0.3) is 0 Å². The Labute approximate surface area is 157 Å². The lowest BCUT2D eigenvalue weighted by molar-refractivity contribution is -0.122. The number of hydrogen-bond acceptors (Lipinski definition) is 4. The van der Waals surface area contributed by atoms with Crippen LogP contribution in [0.2, 0.25) is 0 Å². The molecule has 2 heterocycles. The highest BCUT2D eigenvalue weighted by atomic mass is 16.5. The maximum absolute atomic E-state index is 12.4. The van der Waals surface area contributed by atoms with Crippen LogP contribution in [0.15, 0.2) is 24.3 Å². The molecule has 0 spiro atoms. The van der Waals surface area contributed by atoms with Crippen molar-refractivity contribution in [3.8, 4) is 0 Å². The summed E-state index contributed by atoms with van der Waals surface area (Å²) in [5, 5.41) is 6.55. The Morgan fingerprint density at radius 1 is 1.23 bits per heavy atom. The summed E-state index contributed by atoms with van der Waals surface area (Å²) < 4.78 is 5.43. The van der Waals surface area contributed by atoms with Crippen LogP contribution < -0.4 is 10.6 Å². The van der Waals surface area contributed by atoms with Crippen molar-refractivity contribution < 1.29 is 9.53 Å². The number of carbonyl (C=O) groups excluding carboxylic acids is 1. The molecule has 3 rings (SSSR count). The summed E-state index contributed by atoms with van der Waals surface area (Å²) in [6.07, 6.45) is 3.02. The zero-order valence-corrected chi connectivity index (χ0v) is 16.0. The third-order valence-corrected chi connectivity index (χ3v) is 5.79. The van der Waals surface area contributed by atoms with Crippen LogP contribution in [0.3, 0.4) is 0 Å². The fourth-order valence-electron chi connectivity index (χ4n) is 4.02. The molecule has 26 heavy (non-hydrogen) atoms. The Balaban J connectivity index is 1.48. The molecule has 2 aliphatic heterocycles. The van der Waals surface area contributed by atoms with Crippen molar-refractivity contribution in [2.24, 2.45) is 11.8 Å². The number of morpholine rings is 1. The van der Waals surface area contributed by atoms with Gasteiger partial charge in [0.1, 0.15) is 0 Å². The summed E-state index contributed by atoms with van der Waals surface area (Å²) in [5.41, 5.74) is 2.53. The first kappa shape index (κ1) is 19.3. The number of ether oxygens (including phenoxy) is 1. The maximum atomic E-state index is 12.4. The predicted octanol–water partition coefficient (Wildman–Crippen LogP) is 2.16. The monoisotopic (exact) mass is 359 g/mol. The van der Waals surface area contributed by atoms with Crippen molar-refractivity contribution in [1.82, 2.24) is 15.5 Å². The zero-order chi connectivity index (χ0) is 18.2. The molecular weight excluding hydrogens is 326 g/mol. The summed E-state index contributed by atoms with van der Waals surface area (Å²) in [6.45, 7) is 9.54. The fraction of sp³-hybridized carbons (Fsp3) is 0.667. The zero-order valence-electron chi connectivity index (χ0n) is 16.0. The highest BCUT2D eigenvalue weighted by Gasteiger charge is 2.22. The van der Waals surface area contributed by atoms with Crippen molar-refractivity contribution in [3.05, 3.63) is 35.4 Å². The van der Waals surface area contributed by atoms with Gasteiger partial charge in [0.05, 0.1) is 13.2 Å². The standard InChI is InChI=1S/C21H33N3O2/c1-17(18-6-8-22-9-7-18)14-21(25)23-15-19-4-2-3-5-20(19)16-24-10-12-26-13-11-24/h2-5,17-18,22H,6-16H2,1H3,(H,23,25). The van der Waals surface area contributed by atoms with Crippen LogP contribution in [0, 0.1) is 11.8 Å². The minimum Gasteiger partial charge on any atom is -0.379 e. The average molecular weight is 360 g/mol. The van der Waals surface area contributed by atoms with E-state index in [1.807, 2.05) is 0 Å². The lowest BCUT2D eigenvalue weighted by Crippen LogP contribution is -2.36. The van der Waals surface area contributed by atoms with E-state index in [0.717, 1.165) is 45.9 Å². The van der Waals surface area contributed by atoms with Gasteiger partial charge in [-0.05, 0) is 48.9 Å². The van der Waals surface area contributed by atoms with E-state index < -0.39 is 0 Å². The molecule has 2 N–H and O–H groups in total. The average Bonchev–Trinajstić information content (AvgIpc) is 2.69. The first-order chi connectivity index (χ1) is 12.7. The van der Waals surface area contributed by atoms with Gasteiger partial charge in [0.25, 0.3) is 0 Å². The summed E-state index contributed by atoms with van der Waals surface area (Å²) in [6, 6.07) is 8.45. The number of nitrogens with one attached hydrogen (secondary N) is 2. The van der Waals surface area contributed by atoms with Crippen LogP contribution in [0.5, 0.6) is 0 Å². The molecule has 0 aromatic heterocycles. The summed E-state index contributed by atoms with van der Waals surface area (Å²) >= 11 is 0. The second-order valence-corrected chi connectivity index (χ2v) is 7.70. The van der Waals surface area contributed by atoms with Crippen LogP contribution >= 0.6 is 0 Å². The largest absolute Gasteiger partial charge is 0.379 e. The van der Waals surface area contributed by atoms with E-state index in [4.69, 9.17) is 4.74 Å². The van der Waals surface area contributed by atoms with Crippen molar-refractivity contribution in [2.75, 3.05) is 39.4 Å². The van der Waals surface area contributed by atoms with Gasteiger partial charge in [0.15, 0.2) is 0 Å². The number of benzene rings is 1. The number of rotatable bonds is 7. The van der Waals surface area contributed by atoms with E-state index in [2.05, 4.69) is 46.7 Å². The third kappa shape index (κ3) is 5.79. The number of nitrogens with zero attached hydrogens (tertiary/aromatic N) is 1. The van der Waals surface area contributed by atoms with Gasteiger partial charge in [-0.2, -0.15) is 0 Å². The third-order valence-electron chi connectivity index (χ3n) is 5.79. The molecule has 5 nitrogen and oxygen atoms in total. The van der Waals surface area contributed by atoms with Gasteiger partial charge < -0.3 is 15.4 Å². The number of hydrogen-bond donors (Lipinski definition) is 2. The molecule has 1 atom stereocenters. The molecule has 0 bridgehead atoms. The lowest BCUT2D eigenvalue weighted by atomic mass is 9.84. The molecular formula is C21H33N3O2. The Kier molecular flexibility index (Phi) is 7.47. The number of piperidine rings is 1. The molecule has 2 saturated heterocycles. The van der Waals surface area contributed by atoms with Crippen LogP contribution in [0.4, 0.5) is 0 Å². The van der Waals surface area contributed by atoms with Gasteiger partial charge in [-0.1, -0.05) is 31.2 Å². The van der Waals surface area contributed by atoms with Crippen molar-refractivity contribution in [2.45, 2.75) is 39.3 Å². The first-order valence-corrected chi connectivity index (χ1v) is 10.1. The maximum Gasteiger partial charge on any atom is 0.220 e. The van der Waals surface area contributed by atoms with Crippen LogP contribution in [-0.4, -0.2) is 50.2 Å². The van der Waals surface area contributed by atoms with E-state index in [1.54, 1.807) is 0 Å². The van der Waals surface area contributed by atoms with Gasteiger partial charge in [-0.3, -0.25) is 9.69 Å². The van der Waals surface area contributed by atoms with E-state index in [1.165, 1.54) is 24.0 Å². The van der Waals surface area contributed by atoms with Gasteiger partial charge in [-0.25, -0.2) is 0 Å². The molecule has 1 aromatic carbocycles. The summed E-state index contributed by atoms with van der Waals surface area (Å²) in [5.74, 6) is 1.31. The fourth-order valence-corrected chi connectivity index (χ4v) is 4.02. The Hall–Kier alpha value is -1.43. The smallest absolute Gasteiger partial charge is 0.220 e. The Morgan fingerprint density at radius 3 is 2.65 bits per heavy atom. The molecule has 0 aliphatic carbocycles. The normalized spacial score (nSPS) is 20.7. The Morgan fingerprint density at radius 2 is 1.92 bits per heavy atom. The van der Waals surface area contributed by atoms with Crippen molar-refractivity contribution in [1.29, 1.82) is 0 Å². The Bertz CT molecular complexity index is 566. The number of carbonyl (C=O) groups is 1.